The number of hydrogen-bond acceptors (Lipinski definition) is 3. The molecule has 2 atom stereocenters. The van der Waals surface area contributed by atoms with Gasteiger partial charge >= 0.3 is 0 Å². The number of benzene rings is 1. The smallest absolute Gasteiger partial charge is 0.253 e. The van der Waals surface area contributed by atoms with Gasteiger partial charge < -0.3 is 10.6 Å². The van der Waals surface area contributed by atoms with Gasteiger partial charge in [0.25, 0.3) is 5.91 Å². The zero-order chi connectivity index (χ0) is 13.8. The van der Waals surface area contributed by atoms with Crippen LogP contribution in [0.5, 0.6) is 0 Å². The van der Waals surface area contributed by atoms with Gasteiger partial charge in [0, 0.05) is 18.3 Å². The Morgan fingerprint density at radius 1 is 1.42 bits per heavy atom. The number of nitrogens with one attached hydrogen (secondary N) is 2. The predicted molar refractivity (Wildman–Crippen MR) is 78.4 cm³/mol. The van der Waals surface area contributed by atoms with Crippen molar-refractivity contribution in [1.82, 2.24) is 5.32 Å². The lowest BCUT2D eigenvalue weighted by Crippen LogP contribution is -2.33. The second-order valence-corrected chi connectivity index (χ2v) is 5.89. The molecule has 104 valence electrons. The van der Waals surface area contributed by atoms with Crippen molar-refractivity contribution in [3.05, 3.63) is 29.6 Å². The maximum atomic E-state index is 13.6. The highest BCUT2D eigenvalue weighted by Crippen LogP contribution is 2.28. The molecule has 1 amide bonds. The maximum absolute atomic E-state index is 13.6. The van der Waals surface area contributed by atoms with E-state index < -0.39 is 5.82 Å². The molecule has 0 aliphatic heterocycles. The molecule has 0 spiro atoms. The van der Waals surface area contributed by atoms with Crippen molar-refractivity contribution in [2.75, 3.05) is 18.6 Å². The highest BCUT2D eigenvalue weighted by Gasteiger charge is 2.26. The van der Waals surface area contributed by atoms with E-state index in [0.717, 1.165) is 19.3 Å². The van der Waals surface area contributed by atoms with E-state index in [9.17, 15) is 9.18 Å². The van der Waals surface area contributed by atoms with Gasteiger partial charge in [-0.3, -0.25) is 4.79 Å². The van der Waals surface area contributed by atoms with Crippen LogP contribution in [0.15, 0.2) is 18.2 Å². The number of halogens is 1. The summed E-state index contributed by atoms with van der Waals surface area (Å²) in [6.07, 6.45) is 5.23. The van der Waals surface area contributed by atoms with Gasteiger partial charge in [-0.15, -0.1) is 0 Å². The summed E-state index contributed by atoms with van der Waals surface area (Å²) in [6.45, 7) is 0. The fourth-order valence-corrected chi connectivity index (χ4v) is 3.31. The van der Waals surface area contributed by atoms with Gasteiger partial charge in [-0.25, -0.2) is 4.39 Å². The van der Waals surface area contributed by atoms with Crippen LogP contribution in [0.2, 0.25) is 0 Å². The van der Waals surface area contributed by atoms with Crippen molar-refractivity contribution in [2.45, 2.75) is 30.6 Å². The van der Waals surface area contributed by atoms with Gasteiger partial charge in [0.05, 0.1) is 11.3 Å². The van der Waals surface area contributed by atoms with Crippen molar-refractivity contribution in [2.24, 2.45) is 0 Å². The lowest BCUT2D eigenvalue weighted by atomic mass is 10.1. The number of thioether (sulfide) groups is 1. The van der Waals surface area contributed by atoms with E-state index in [-0.39, 0.29) is 17.6 Å². The number of hydrogen-bond donors (Lipinski definition) is 2. The fourth-order valence-electron chi connectivity index (χ4n) is 2.52. The Bertz CT molecular complexity index is 467. The average molecular weight is 282 g/mol. The third kappa shape index (κ3) is 3.21. The molecular weight excluding hydrogens is 263 g/mol. The van der Waals surface area contributed by atoms with Gasteiger partial charge in [-0.05, 0) is 37.7 Å². The Labute approximate surface area is 117 Å². The van der Waals surface area contributed by atoms with Crippen LogP contribution in [0.1, 0.15) is 29.6 Å². The molecule has 1 aromatic carbocycles. The van der Waals surface area contributed by atoms with Crippen molar-refractivity contribution < 1.29 is 9.18 Å². The molecule has 1 aliphatic carbocycles. The van der Waals surface area contributed by atoms with E-state index in [1.807, 2.05) is 11.8 Å². The molecule has 2 N–H and O–H groups in total. The monoisotopic (exact) mass is 282 g/mol. The molecule has 3 nitrogen and oxygen atoms in total. The van der Waals surface area contributed by atoms with Gasteiger partial charge in [-0.1, -0.05) is 6.07 Å². The van der Waals surface area contributed by atoms with E-state index >= 15 is 0 Å². The van der Waals surface area contributed by atoms with Crippen LogP contribution in [-0.2, 0) is 0 Å². The summed E-state index contributed by atoms with van der Waals surface area (Å²) < 4.78 is 13.6. The van der Waals surface area contributed by atoms with Crippen LogP contribution < -0.4 is 10.6 Å². The lowest BCUT2D eigenvalue weighted by molar-refractivity contribution is 0.0938. The first-order chi connectivity index (χ1) is 9.15. The number of anilines is 1. The minimum absolute atomic E-state index is 0.199. The molecule has 0 radical (unpaired) electrons. The fraction of sp³-hybridized carbons (Fsp3) is 0.500. The zero-order valence-corrected chi connectivity index (χ0v) is 12.0. The molecule has 0 bridgehead atoms. The summed E-state index contributed by atoms with van der Waals surface area (Å²) in [5, 5.41) is 6.38. The summed E-state index contributed by atoms with van der Waals surface area (Å²) in [7, 11) is 1.62. The Balaban J connectivity index is 2.06. The summed E-state index contributed by atoms with van der Waals surface area (Å²) >= 11 is 1.85. The van der Waals surface area contributed by atoms with Crippen molar-refractivity contribution in [1.29, 1.82) is 0 Å². The molecule has 0 saturated heterocycles. The molecule has 1 aliphatic rings. The van der Waals surface area contributed by atoms with E-state index in [1.165, 1.54) is 6.07 Å². The highest BCUT2D eigenvalue weighted by molar-refractivity contribution is 7.99. The molecule has 2 unspecified atom stereocenters. The first-order valence-electron chi connectivity index (χ1n) is 6.45. The summed E-state index contributed by atoms with van der Waals surface area (Å²) in [5.41, 5.74) is 0.634. The van der Waals surface area contributed by atoms with Crippen LogP contribution in [0, 0.1) is 5.82 Å². The third-order valence-corrected chi connectivity index (χ3v) is 4.66. The maximum Gasteiger partial charge on any atom is 0.253 e. The number of carbonyl (C=O) groups is 1. The number of carbonyl (C=O) groups excluding carboxylic acids is 1. The number of rotatable bonds is 4. The van der Waals surface area contributed by atoms with Crippen LogP contribution in [0.4, 0.5) is 10.1 Å². The molecule has 0 aromatic heterocycles. The Kier molecular flexibility index (Phi) is 4.69. The van der Waals surface area contributed by atoms with Gasteiger partial charge in [0.2, 0.25) is 0 Å². The van der Waals surface area contributed by atoms with Crippen LogP contribution >= 0.6 is 11.8 Å². The van der Waals surface area contributed by atoms with Crippen LogP contribution in [0.25, 0.3) is 0 Å². The average Bonchev–Trinajstić information content (AvgIpc) is 2.86. The van der Waals surface area contributed by atoms with Crippen molar-refractivity contribution >= 4 is 23.4 Å². The molecule has 0 heterocycles. The predicted octanol–water partition coefficient (Wildman–Crippen LogP) is 2.88. The number of para-hydroxylation sites is 1. The minimum atomic E-state index is -0.399. The van der Waals surface area contributed by atoms with Crippen LogP contribution in [-0.4, -0.2) is 30.5 Å². The second kappa shape index (κ2) is 6.28. The molecular formula is C14H19FN2OS. The van der Waals surface area contributed by atoms with Crippen molar-refractivity contribution in [3.63, 3.8) is 0 Å². The highest BCUT2D eigenvalue weighted by atomic mass is 32.2. The third-order valence-electron chi connectivity index (χ3n) is 3.56. The zero-order valence-electron chi connectivity index (χ0n) is 11.2. The van der Waals surface area contributed by atoms with Gasteiger partial charge in [0.1, 0.15) is 5.82 Å². The Morgan fingerprint density at radius 3 is 2.84 bits per heavy atom. The molecule has 1 saturated carbocycles. The summed E-state index contributed by atoms with van der Waals surface area (Å²) in [5.74, 6) is -0.598. The van der Waals surface area contributed by atoms with E-state index in [0.29, 0.717) is 10.8 Å². The molecule has 1 aromatic rings. The minimum Gasteiger partial charge on any atom is -0.385 e. The van der Waals surface area contributed by atoms with Crippen LogP contribution in [0.3, 0.4) is 0 Å². The van der Waals surface area contributed by atoms with E-state index in [4.69, 9.17) is 0 Å². The second-order valence-electron chi connectivity index (χ2n) is 4.75. The van der Waals surface area contributed by atoms with E-state index in [1.54, 1.807) is 19.2 Å². The standard InChI is InChI=1S/C14H19FN2OS/c1-16-13-11(4-3-5-12(13)15)14(18)17-9-6-7-10(8-9)19-2/h3-5,9-10,16H,6-8H2,1-2H3,(H,17,18). The SMILES string of the molecule is CNc1c(F)cccc1C(=O)NC1CCC(SC)C1. The normalized spacial score (nSPS) is 22.3. The largest absolute Gasteiger partial charge is 0.385 e. The number of amides is 1. The first-order valence-corrected chi connectivity index (χ1v) is 7.74. The molecule has 1 fully saturated rings. The molecule has 5 heteroatoms. The van der Waals surface area contributed by atoms with Gasteiger partial charge in [0.15, 0.2) is 0 Å². The molecule has 19 heavy (non-hydrogen) atoms. The first kappa shape index (κ1) is 14.2. The van der Waals surface area contributed by atoms with Gasteiger partial charge in [-0.2, -0.15) is 11.8 Å². The van der Waals surface area contributed by atoms with E-state index in [2.05, 4.69) is 16.9 Å². The quantitative estimate of drug-likeness (QED) is 0.892. The van der Waals surface area contributed by atoms with Crippen molar-refractivity contribution in [3.8, 4) is 0 Å². The molecule has 2 rings (SSSR count). The topological polar surface area (TPSA) is 41.1 Å². The Hall–Kier alpha value is -1.23. The summed E-state index contributed by atoms with van der Waals surface area (Å²) in [4.78, 5) is 12.2. The summed E-state index contributed by atoms with van der Waals surface area (Å²) in [6, 6.07) is 4.76. The lowest BCUT2D eigenvalue weighted by Gasteiger charge is -2.15. The Morgan fingerprint density at radius 2 is 2.21 bits per heavy atom.